The second-order valence-electron chi connectivity index (χ2n) is 11.5. The first kappa shape index (κ1) is 32.6. The van der Waals surface area contributed by atoms with Gasteiger partial charge in [0.05, 0.1) is 23.3 Å². The first-order valence-corrected chi connectivity index (χ1v) is 19.8. The Morgan fingerprint density at radius 2 is 1.65 bits per heavy atom. The van der Waals surface area contributed by atoms with Crippen LogP contribution in [0.4, 0.5) is 22.0 Å². The molecule has 1 aliphatic rings. The number of benzene rings is 2. The number of ether oxygens (including phenoxy) is 1. The lowest BCUT2D eigenvalue weighted by Crippen LogP contribution is -2.52. The molecule has 1 aliphatic carbocycles. The third kappa shape index (κ3) is 7.69. The van der Waals surface area contributed by atoms with Crippen molar-refractivity contribution in [1.82, 2.24) is 4.72 Å². The molecule has 224 valence electrons. The zero-order valence-corrected chi connectivity index (χ0v) is 25.3. The topological polar surface area (TPSA) is 89.5 Å². The van der Waals surface area contributed by atoms with E-state index in [1.165, 1.54) is 0 Å². The van der Waals surface area contributed by atoms with Crippen LogP contribution in [0.3, 0.4) is 0 Å². The Bertz CT molecular complexity index is 1410. The van der Waals surface area contributed by atoms with Gasteiger partial charge in [-0.15, -0.1) is 0 Å². The molecule has 0 spiro atoms. The van der Waals surface area contributed by atoms with E-state index in [9.17, 15) is 34.4 Å². The van der Waals surface area contributed by atoms with Crippen molar-refractivity contribution in [2.75, 3.05) is 19.5 Å². The Balaban J connectivity index is 2.12. The van der Waals surface area contributed by atoms with Gasteiger partial charge < -0.3 is 4.74 Å². The molecular weight excluding hydrogens is 593 g/mol. The third-order valence-electron chi connectivity index (χ3n) is 7.14. The molecule has 3 atom stereocenters. The zero-order chi connectivity index (χ0) is 30.1. The fourth-order valence-electron chi connectivity index (χ4n) is 5.04. The van der Waals surface area contributed by atoms with Crippen LogP contribution in [0, 0.1) is 17.6 Å². The molecule has 1 N–H and O–H groups in total. The predicted octanol–water partition coefficient (Wildman–Crippen LogP) is 5.73. The van der Waals surface area contributed by atoms with E-state index in [0.29, 0.717) is 18.7 Å². The van der Waals surface area contributed by atoms with Crippen molar-refractivity contribution in [3.05, 3.63) is 65.2 Å². The maximum atomic E-state index is 15.3. The minimum atomic E-state index is -4.71. The van der Waals surface area contributed by atoms with Gasteiger partial charge in [0.1, 0.15) is 16.4 Å². The van der Waals surface area contributed by atoms with Gasteiger partial charge >= 0.3 is 6.18 Å². The monoisotopic (exact) mass is 627 g/mol. The molecule has 0 radical (unpaired) electrons. The Kier molecular flexibility index (Phi) is 9.61. The first-order valence-electron chi connectivity index (χ1n) is 12.7. The molecule has 0 heterocycles. The SMILES string of the molecule is C[Si](C)(C)CCOC[C@@H]1C[C@](c2cc(F)ccc2F)(S(=O)(=O)c2ccc(C(F)(F)F)cc2)CC[C@@H]1NS(C)(=O)=O. The van der Waals surface area contributed by atoms with E-state index >= 15 is 4.39 Å². The fraction of sp³-hybridized carbons (Fsp3) is 0.538. The van der Waals surface area contributed by atoms with Gasteiger partial charge in [0, 0.05) is 32.2 Å². The van der Waals surface area contributed by atoms with E-state index in [1.54, 1.807) is 0 Å². The van der Waals surface area contributed by atoms with E-state index in [1.807, 2.05) is 0 Å². The van der Waals surface area contributed by atoms with E-state index in [2.05, 4.69) is 24.4 Å². The van der Waals surface area contributed by atoms with Gasteiger partial charge in [-0.1, -0.05) is 19.6 Å². The van der Waals surface area contributed by atoms with Crippen LogP contribution in [0.5, 0.6) is 0 Å². The van der Waals surface area contributed by atoms with Crippen molar-refractivity contribution in [1.29, 1.82) is 0 Å². The van der Waals surface area contributed by atoms with Crippen LogP contribution < -0.4 is 4.72 Å². The highest BCUT2D eigenvalue weighted by atomic mass is 32.2. The summed E-state index contributed by atoms with van der Waals surface area (Å²) in [4.78, 5) is -0.489. The average molecular weight is 628 g/mol. The molecule has 14 heteroatoms. The van der Waals surface area contributed by atoms with Gasteiger partial charge in [0.2, 0.25) is 10.0 Å². The lowest BCUT2D eigenvalue weighted by molar-refractivity contribution is -0.137. The average Bonchev–Trinajstić information content (AvgIpc) is 2.82. The normalized spacial score (nSPS) is 22.8. The van der Waals surface area contributed by atoms with E-state index < -0.39 is 78.5 Å². The molecule has 0 amide bonds. The highest BCUT2D eigenvalue weighted by Gasteiger charge is 2.53. The van der Waals surface area contributed by atoms with E-state index in [-0.39, 0.29) is 25.9 Å². The largest absolute Gasteiger partial charge is 0.416 e. The standard InChI is InChI=1S/C26H34F5NO5S2Si/c1-38(33,34)32-24-11-12-25(22-15-20(27)7-10-23(22)28,16-18(24)17-37-13-14-40(2,3)4)39(35,36)21-8-5-19(6-9-21)26(29,30)31/h5-10,15,18,24,32H,11-14,16-17H2,1-4H3/t18-,24-,25+/m0/s1. The number of sulfone groups is 1. The summed E-state index contributed by atoms with van der Waals surface area (Å²) in [5, 5.41) is 0. The molecule has 0 aliphatic heterocycles. The molecule has 2 aromatic rings. The van der Waals surface area contributed by atoms with Crippen LogP contribution in [0.1, 0.15) is 30.4 Å². The van der Waals surface area contributed by atoms with Crippen LogP contribution in [0.2, 0.25) is 25.7 Å². The van der Waals surface area contributed by atoms with Crippen molar-refractivity contribution in [2.45, 2.75) is 66.8 Å². The summed E-state index contributed by atoms with van der Waals surface area (Å²) >= 11 is 0. The highest BCUT2D eigenvalue weighted by molar-refractivity contribution is 7.92. The Labute approximate surface area is 233 Å². The van der Waals surface area contributed by atoms with Gasteiger partial charge in [0.25, 0.3) is 0 Å². The first-order chi connectivity index (χ1) is 18.3. The van der Waals surface area contributed by atoms with Crippen molar-refractivity contribution >= 4 is 27.9 Å². The van der Waals surface area contributed by atoms with Gasteiger partial charge in [0.15, 0.2) is 9.84 Å². The lowest BCUT2D eigenvalue weighted by Gasteiger charge is -2.44. The molecule has 1 fully saturated rings. The molecular formula is C26H34F5NO5S2Si. The maximum absolute atomic E-state index is 15.3. The van der Waals surface area contributed by atoms with Gasteiger partial charge in [-0.3, -0.25) is 0 Å². The number of halogens is 5. The predicted molar refractivity (Wildman–Crippen MR) is 145 cm³/mol. The summed E-state index contributed by atoms with van der Waals surface area (Å²) in [6, 6.07) is 5.30. The number of nitrogens with one attached hydrogen (secondary N) is 1. The van der Waals surface area contributed by atoms with E-state index in [4.69, 9.17) is 4.74 Å². The highest BCUT2D eigenvalue weighted by Crippen LogP contribution is 2.50. The molecule has 40 heavy (non-hydrogen) atoms. The number of hydrogen-bond donors (Lipinski definition) is 1. The smallest absolute Gasteiger partial charge is 0.381 e. The summed E-state index contributed by atoms with van der Waals surface area (Å²) in [5.74, 6) is -2.65. The van der Waals surface area contributed by atoms with Crippen molar-refractivity contribution in [3.8, 4) is 0 Å². The Morgan fingerprint density at radius 1 is 1.02 bits per heavy atom. The number of alkyl halides is 3. The second-order valence-corrected chi connectivity index (χ2v) is 21.2. The molecule has 0 bridgehead atoms. The van der Waals surface area contributed by atoms with Crippen LogP contribution in [0.25, 0.3) is 0 Å². The van der Waals surface area contributed by atoms with Crippen LogP contribution in [0.15, 0.2) is 47.4 Å². The third-order valence-corrected chi connectivity index (χ3v) is 12.1. The molecule has 0 unspecified atom stereocenters. The summed E-state index contributed by atoms with van der Waals surface area (Å²) in [7, 11) is -9.84. The van der Waals surface area contributed by atoms with Crippen molar-refractivity contribution in [3.63, 3.8) is 0 Å². The molecule has 0 saturated heterocycles. The Morgan fingerprint density at radius 3 is 2.20 bits per heavy atom. The van der Waals surface area contributed by atoms with Gasteiger partial charge in [-0.2, -0.15) is 13.2 Å². The maximum Gasteiger partial charge on any atom is 0.416 e. The van der Waals surface area contributed by atoms with Crippen molar-refractivity contribution in [2.24, 2.45) is 5.92 Å². The number of rotatable bonds is 10. The molecule has 3 rings (SSSR count). The zero-order valence-electron chi connectivity index (χ0n) is 22.7. The minimum absolute atomic E-state index is 0.0567. The number of hydrogen-bond acceptors (Lipinski definition) is 5. The minimum Gasteiger partial charge on any atom is -0.381 e. The van der Waals surface area contributed by atoms with Gasteiger partial charge in [-0.05, 0) is 67.8 Å². The van der Waals surface area contributed by atoms with Gasteiger partial charge in [-0.25, -0.2) is 30.3 Å². The summed E-state index contributed by atoms with van der Waals surface area (Å²) < 4.78 is 128. The van der Waals surface area contributed by atoms with Crippen LogP contribution in [-0.2, 0) is 35.5 Å². The number of sulfonamides is 1. The molecule has 1 saturated carbocycles. The van der Waals surface area contributed by atoms with Crippen LogP contribution in [-0.4, -0.2) is 50.4 Å². The Hall–Kier alpha value is -1.87. The molecule has 2 aromatic carbocycles. The van der Waals surface area contributed by atoms with Crippen molar-refractivity contribution < 1.29 is 43.5 Å². The lowest BCUT2D eigenvalue weighted by atomic mass is 9.74. The molecule has 0 aromatic heterocycles. The summed E-state index contributed by atoms with van der Waals surface area (Å²) in [6.45, 7) is 6.71. The van der Waals surface area contributed by atoms with E-state index in [0.717, 1.165) is 42.6 Å². The summed E-state index contributed by atoms with van der Waals surface area (Å²) in [5.41, 5.74) is -1.52. The quantitative estimate of drug-likeness (QED) is 0.207. The van der Waals surface area contributed by atoms with Crippen LogP contribution >= 0.6 is 0 Å². The second kappa shape index (κ2) is 11.8. The fourth-order valence-corrected chi connectivity index (χ4v) is 8.87. The summed E-state index contributed by atoms with van der Waals surface area (Å²) in [6.07, 6.45) is -4.47. The molecule has 6 nitrogen and oxygen atoms in total.